The van der Waals surface area contributed by atoms with Gasteiger partial charge in [-0.15, -0.1) is 0 Å². The number of carbonyl (C=O) groups is 3. The molecule has 0 atom stereocenters. The van der Waals surface area contributed by atoms with E-state index in [0.29, 0.717) is 39.5 Å². The Kier molecular flexibility index (Phi) is 11.1. The molecule has 2 aromatic carbocycles. The maximum absolute atomic E-state index is 12.1. The standard InChI is InChI=1S/C17H15F3N4O2.C17H13F3N4O2/c2*18-17(19,20)10-22-16(26)23-13-3-1-2-12(7-13)14-8-21-15-6-11(9-25)4-5-24(14)15/h1-8,25H,9-10H2,(H2,22,23,26);1-9H,10H2,(H2,22,23,26). The summed E-state index contributed by atoms with van der Waals surface area (Å²) in [5.74, 6) is 0. The molecule has 6 rings (SSSR count). The van der Waals surface area contributed by atoms with E-state index in [9.17, 15) is 45.8 Å². The Morgan fingerprint density at radius 1 is 0.692 bits per heavy atom. The number of amides is 4. The molecule has 18 heteroatoms. The molecule has 6 aromatic rings. The number of halogens is 6. The van der Waals surface area contributed by atoms with Gasteiger partial charge in [-0.3, -0.25) is 13.6 Å². The molecule has 270 valence electrons. The normalized spacial score (nSPS) is 11.4. The molecule has 0 unspecified atom stereocenters. The van der Waals surface area contributed by atoms with Crippen LogP contribution >= 0.6 is 0 Å². The van der Waals surface area contributed by atoms with Crippen molar-refractivity contribution in [1.82, 2.24) is 29.4 Å². The fraction of sp³-hybridized carbons (Fsp3) is 0.147. The molecule has 0 saturated carbocycles. The van der Waals surface area contributed by atoms with Crippen LogP contribution in [0, 0.1) is 0 Å². The van der Waals surface area contributed by atoms with Gasteiger partial charge >= 0.3 is 24.4 Å². The number of anilines is 2. The van der Waals surface area contributed by atoms with E-state index in [1.165, 1.54) is 0 Å². The van der Waals surface area contributed by atoms with E-state index in [1.807, 2.05) is 4.40 Å². The third-order valence-electron chi connectivity index (χ3n) is 7.16. The van der Waals surface area contributed by atoms with Gasteiger partial charge in [0.2, 0.25) is 0 Å². The van der Waals surface area contributed by atoms with E-state index in [1.54, 1.807) is 113 Å². The fourth-order valence-electron chi connectivity index (χ4n) is 4.84. The van der Waals surface area contributed by atoms with Gasteiger partial charge in [0.15, 0.2) is 0 Å². The Balaban J connectivity index is 0.000000201. The average molecular weight is 727 g/mol. The summed E-state index contributed by atoms with van der Waals surface area (Å²) in [6.45, 7) is -2.91. The smallest absolute Gasteiger partial charge is 0.392 e. The number of aliphatic hydroxyl groups excluding tert-OH is 1. The van der Waals surface area contributed by atoms with Gasteiger partial charge < -0.3 is 26.4 Å². The van der Waals surface area contributed by atoms with E-state index in [0.717, 1.165) is 23.1 Å². The second-order valence-electron chi connectivity index (χ2n) is 11.0. The monoisotopic (exact) mass is 726 g/mol. The van der Waals surface area contributed by atoms with Crippen LogP contribution < -0.4 is 21.3 Å². The Bertz CT molecular complexity index is 2210. The summed E-state index contributed by atoms with van der Waals surface area (Å²) < 4.78 is 76.4. The lowest BCUT2D eigenvalue weighted by molar-refractivity contribution is -0.123. The number of pyridine rings is 2. The first kappa shape index (κ1) is 36.8. The number of benzene rings is 2. The molecule has 4 aromatic heterocycles. The lowest BCUT2D eigenvalue weighted by atomic mass is 10.1. The molecular weight excluding hydrogens is 698 g/mol. The quantitative estimate of drug-likeness (QED) is 0.0872. The van der Waals surface area contributed by atoms with Gasteiger partial charge in [-0.05, 0) is 54.1 Å². The van der Waals surface area contributed by atoms with Gasteiger partial charge in [-0.2, -0.15) is 26.3 Å². The van der Waals surface area contributed by atoms with Crippen molar-refractivity contribution in [3.63, 3.8) is 0 Å². The molecule has 0 saturated heterocycles. The first-order chi connectivity index (χ1) is 24.7. The summed E-state index contributed by atoms with van der Waals surface area (Å²) in [5, 5.41) is 17.4. The zero-order chi connectivity index (χ0) is 37.5. The van der Waals surface area contributed by atoms with Crippen LogP contribution in [-0.4, -0.2) is 67.7 Å². The summed E-state index contributed by atoms with van der Waals surface area (Å²) >= 11 is 0. The highest BCUT2D eigenvalue weighted by Crippen LogP contribution is 2.26. The molecule has 4 heterocycles. The van der Waals surface area contributed by atoms with E-state index in [4.69, 9.17) is 0 Å². The number of aliphatic hydroxyl groups is 1. The minimum Gasteiger partial charge on any atom is -0.392 e. The summed E-state index contributed by atoms with van der Waals surface area (Å²) in [5.41, 5.74) is 6.00. The maximum atomic E-state index is 12.1. The maximum Gasteiger partial charge on any atom is 0.405 e. The number of imidazole rings is 2. The van der Waals surface area contributed by atoms with E-state index >= 15 is 0 Å². The summed E-state index contributed by atoms with van der Waals surface area (Å²) in [6.07, 6.45) is -1.53. The highest BCUT2D eigenvalue weighted by Gasteiger charge is 2.28. The molecule has 0 spiro atoms. The van der Waals surface area contributed by atoms with Crippen LogP contribution in [0.2, 0.25) is 0 Å². The van der Waals surface area contributed by atoms with Gasteiger partial charge in [0, 0.05) is 40.5 Å². The molecule has 12 nitrogen and oxygen atoms in total. The topological polar surface area (TPSA) is 154 Å². The molecular formula is C34H28F6N8O4. The molecule has 0 fully saturated rings. The summed E-state index contributed by atoms with van der Waals surface area (Å²) in [7, 11) is 0. The van der Waals surface area contributed by atoms with Crippen LogP contribution in [-0.2, 0) is 6.61 Å². The number of fused-ring (bicyclic) bond motifs is 2. The van der Waals surface area contributed by atoms with Crippen LogP contribution in [0.4, 0.5) is 47.3 Å². The zero-order valence-electron chi connectivity index (χ0n) is 26.7. The van der Waals surface area contributed by atoms with E-state index < -0.39 is 37.5 Å². The van der Waals surface area contributed by atoms with E-state index in [2.05, 4.69) is 20.6 Å². The highest BCUT2D eigenvalue weighted by molar-refractivity contribution is 5.91. The number of nitrogens with zero attached hydrogens (tertiary/aromatic N) is 4. The Morgan fingerprint density at radius 2 is 1.17 bits per heavy atom. The van der Waals surface area contributed by atoms with Gasteiger partial charge in [-0.1, -0.05) is 24.3 Å². The van der Waals surface area contributed by atoms with Crippen molar-refractivity contribution in [3.8, 4) is 22.5 Å². The SMILES string of the molecule is O=C(NCC(F)(F)F)Nc1cccc(-c2cnc3cc(CO)ccn23)c1.O=Cc1ccn2c(-c3cccc(NC(=O)NCC(F)(F)F)c3)cnc2c1. The fourth-order valence-corrected chi connectivity index (χ4v) is 4.84. The van der Waals surface area contributed by atoms with Gasteiger partial charge in [-0.25, -0.2) is 19.6 Å². The zero-order valence-corrected chi connectivity index (χ0v) is 26.7. The van der Waals surface area contributed by atoms with Crippen molar-refractivity contribution in [2.75, 3.05) is 23.7 Å². The number of rotatable bonds is 8. The third kappa shape index (κ3) is 9.84. The minimum absolute atomic E-state index is 0.0921. The largest absolute Gasteiger partial charge is 0.405 e. The summed E-state index contributed by atoms with van der Waals surface area (Å²) in [4.78, 5) is 42.5. The minimum atomic E-state index is -4.48. The number of urea groups is 2. The van der Waals surface area contributed by atoms with Crippen LogP contribution in [0.25, 0.3) is 33.8 Å². The van der Waals surface area contributed by atoms with Crippen molar-refractivity contribution < 1.29 is 45.8 Å². The third-order valence-corrected chi connectivity index (χ3v) is 7.16. The average Bonchev–Trinajstić information content (AvgIpc) is 3.74. The molecule has 4 amide bonds. The highest BCUT2D eigenvalue weighted by atomic mass is 19.4. The molecule has 0 radical (unpaired) electrons. The molecule has 0 aliphatic carbocycles. The molecule has 0 aliphatic heterocycles. The first-order valence-corrected chi connectivity index (χ1v) is 15.1. The van der Waals surface area contributed by atoms with E-state index in [-0.39, 0.29) is 6.61 Å². The first-order valence-electron chi connectivity index (χ1n) is 15.1. The number of nitrogens with one attached hydrogen (secondary N) is 4. The number of aromatic nitrogens is 4. The predicted octanol–water partition coefficient (Wildman–Crippen LogP) is 6.68. The van der Waals surface area contributed by atoms with Crippen molar-refractivity contribution in [1.29, 1.82) is 0 Å². The van der Waals surface area contributed by atoms with Gasteiger partial charge in [0.1, 0.15) is 30.7 Å². The number of aldehydes is 1. The lowest BCUT2D eigenvalue weighted by Gasteiger charge is -2.10. The van der Waals surface area contributed by atoms with Crippen LogP contribution in [0.5, 0.6) is 0 Å². The van der Waals surface area contributed by atoms with Crippen molar-refractivity contribution in [3.05, 3.63) is 109 Å². The number of hydrogen-bond donors (Lipinski definition) is 5. The van der Waals surface area contributed by atoms with Gasteiger partial charge in [0.05, 0.1) is 30.4 Å². The Morgan fingerprint density at radius 3 is 1.63 bits per heavy atom. The Hall–Kier alpha value is -6.43. The van der Waals surface area contributed by atoms with Gasteiger partial charge in [0.25, 0.3) is 0 Å². The van der Waals surface area contributed by atoms with Crippen molar-refractivity contribution >= 4 is 41.0 Å². The number of carbonyl (C=O) groups excluding carboxylic acids is 3. The lowest BCUT2D eigenvalue weighted by Crippen LogP contribution is -2.36. The summed E-state index contributed by atoms with van der Waals surface area (Å²) in [6, 6.07) is 18.2. The number of hydrogen-bond acceptors (Lipinski definition) is 6. The molecule has 5 N–H and O–H groups in total. The number of alkyl halides is 6. The molecule has 0 bridgehead atoms. The van der Waals surface area contributed by atoms with Crippen molar-refractivity contribution in [2.45, 2.75) is 19.0 Å². The molecule has 52 heavy (non-hydrogen) atoms. The van der Waals surface area contributed by atoms with Crippen LogP contribution in [0.15, 0.2) is 97.6 Å². The van der Waals surface area contributed by atoms with Crippen LogP contribution in [0.1, 0.15) is 15.9 Å². The second kappa shape index (κ2) is 15.6. The van der Waals surface area contributed by atoms with Crippen molar-refractivity contribution in [2.24, 2.45) is 0 Å². The second-order valence-corrected chi connectivity index (χ2v) is 11.0. The molecule has 0 aliphatic rings. The van der Waals surface area contributed by atoms with Crippen LogP contribution in [0.3, 0.4) is 0 Å². The predicted molar refractivity (Wildman–Crippen MR) is 179 cm³/mol. The Labute approximate surface area is 290 Å².